The molecule has 6 aromatic rings. The summed E-state index contributed by atoms with van der Waals surface area (Å²) in [6.45, 7) is 0.0541. The van der Waals surface area contributed by atoms with Crippen LogP contribution in [0.2, 0.25) is 15.1 Å². The summed E-state index contributed by atoms with van der Waals surface area (Å²) in [6.07, 6.45) is 0.337. The highest BCUT2D eigenvalue weighted by Crippen LogP contribution is 2.34. The first-order valence-electron chi connectivity index (χ1n) is 12.3. The number of anilines is 2. The second-order valence-electron chi connectivity index (χ2n) is 9.00. The SMILES string of the molecule is O=c1c2ccccc2nc(Cc2ccccc2Nc2c(Cl)cccc2Cl)n1Cc1nnc(-c2ccc(Cl)cc2)o1. The average Bonchev–Trinajstić information content (AvgIpc) is 3.43. The zero-order chi connectivity index (χ0) is 27.6. The maximum atomic E-state index is 13.7. The molecule has 0 aliphatic rings. The minimum Gasteiger partial charge on any atom is -0.419 e. The van der Waals surface area contributed by atoms with Crippen LogP contribution in [0.25, 0.3) is 22.4 Å². The Morgan fingerprint density at radius 3 is 2.33 bits per heavy atom. The van der Waals surface area contributed by atoms with Crippen LogP contribution in [0.4, 0.5) is 11.4 Å². The highest BCUT2D eigenvalue weighted by molar-refractivity contribution is 6.39. The first-order valence-corrected chi connectivity index (χ1v) is 13.5. The Kier molecular flexibility index (Phi) is 7.26. The van der Waals surface area contributed by atoms with E-state index in [1.807, 2.05) is 42.5 Å². The van der Waals surface area contributed by atoms with Gasteiger partial charge in [-0.1, -0.05) is 71.2 Å². The molecule has 2 heterocycles. The first-order chi connectivity index (χ1) is 19.5. The van der Waals surface area contributed by atoms with Gasteiger partial charge < -0.3 is 9.73 Å². The molecule has 0 aliphatic carbocycles. The van der Waals surface area contributed by atoms with E-state index in [-0.39, 0.29) is 18.0 Å². The van der Waals surface area contributed by atoms with Gasteiger partial charge in [-0.2, -0.15) is 0 Å². The molecule has 0 saturated heterocycles. The third-order valence-electron chi connectivity index (χ3n) is 6.38. The van der Waals surface area contributed by atoms with Crippen LogP contribution in [-0.2, 0) is 13.0 Å². The van der Waals surface area contributed by atoms with Crippen LogP contribution in [0, 0.1) is 0 Å². The van der Waals surface area contributed by atoms with Gasteiger partial charge in [-0.25, -0.2) is 4.98 Å². The number of para-hydroxylation sites is 3. The minimum absolute atomic E-state index is 0.0541. The zero-order valence-corrected chi connectivity index (χ0v) is 23.1. The van der Waals surface area contributed by atoms with Crippen molar-refractivity contribution in [2.75, 3.05) is 5.32 Å². The van der Waals surface area contributed by atoms with Crippen LogP contribution in [0.3, 0.4) is 0 Å². The third kappa shape index (κ3) is 5.31. The Hall–Kier alpha value is -4.17. The first kappa shape index (κ1) is 26.1. The van der Waals surface area contributed by atoms with Crippen molar-refractivity contribution in [1.29, 1.82) is 0 Å². The van der Waals surface area contributed by atoms with Gasteiger partial charge >= 0.3 is 0 Å². The molecule has 1 N–H and O–H groups in total. The Labute approximate surface area is 244 Å². The summed E-state index contributed by atoms with van der Waals surface area (Å²) in [7, 11) is 0. The van der Waals surface area contributed by atoms with E-state index >= 15 is 0 Å². The fourth-order valence-electron chi connectivity index (χ4n) is 4.39. The normalized spacial score (nSPS) is 11.2. The Morgan fingerprint density at radius 2 is 1.52 bits per heavy atom. The van der Waals surface area contributed by atoms with Gasteiger partial charge in [0.05, 0.1) is 26.6 Å². The van der Waals surface area contributed by atoms with E-state index in [1.54, 1.807) is 53.1 Å². The standard InChI is InChI=1S/C30H20Cl3N5O2/c31-20-14-12-18(13-15-20)29-37-36-27(40-29)17-38-26(34-25-11-4-2-7-21(25)30(38)39)16-19-6-1-3-10-24(19)35-28-22(32)8-5-9-23(28)33/h1-15,35H,16-17H2. The summed E-state index contributed by atoms with van der Waals surface area (Å²) in [6, 6.07) is 27.4. The molecular formula is C30H20Cl3N5O2. The average molecular weight is 589 g/mol. The van der Waals surface area contributed by atoms with Crippen LogP contribution in [0.15, 0.2) is 100 Å². The maximum Gasteiger partial charge on any atom is 0.261 e. The van der Waals surface area contributed by atoms with E-state index in [1.165, 1.54) is 0 Å². The van der Waals surface area contributed by atoms with Crippen molar-refractivity contribution in [3.05, 3.63) is 134 Å². The molecule has 4 aromatic carbocycles. The number of benzene rings is 4. The number of halogens is 3. The Balaban J connectivity index is 1.39. The van der Waals surface area contributed by atoms with Crippen LogP contribution in [-0.4, -0.2) is 19.7 Å². The predicted octanol–water partition coefficient (Wildman–Crippen LogP) is 7.79. The molecule has 198 valence electrons. The second-order valence-corrected chi connectivity index (χ2v) is 10.3. The van der Waals surface area contributed by atoms with Crippen LogP contribution in [0.5, 0.6) is 0 Å². The molecular weight excluding hydrogens is 569 g/mol. The van der Waals surface area contributed by atoms with Gasteiger partial charge in [0, 0.05) is 22.7 Å². The van der Waals surface area contributed by atoms with Crippen LogP contribution >= 0.6 is 34.8 Å². The van der Waals surface area contributed by atoms with Crippen molar-refractivity contribution in [1.82, 2.24) is 19.7 Å². The Bertz CT molecular complexity index is 1880. The van der Waals surface area contributed by atoms with Crippen LogP contribution in [0.1, 0.15) is 17.3 Å². The molecule has 0 unspecified atom stereocenters. The minimum atomic E-state index is -0.202. The van der Waals surface area contributed by atoms with Crippen molar-refractivity contribution >= 4 is 57.1 Å². The summed E-state index contributed by atoms with van der Waals surface area (Å²) in [5, 5.41) is 13.8. The fourth-order valence-corrected chi connectivity index (χ4v) is 5.01. The molecule has 10 heteroatoms. The number of hydrogen-bond donors (Lipinski definition) is 1. The van der Waals surface area contributed by atoms with Gasteiger partial charge in [0.25, 0.3) is 5.56 Å². The third-order valence-corrected chi connectivity index (χ3v) is 7.26. The largest absolute Gasteiger partial charge is 0.419 e. The number of nitrogens with one attached hydrogen (secondary N) is 1. The molecule has 40 heavy (non-hydrogen) atoms. The van der Waals surface area contributed by atoms with Crippen molar-refractivity contribution in [3.8, 4) is 11.5 Å². The second kappa shape index (κ2) is 11.1. The van der Waals surface area contributed by atoms with Gasteiger partial charge in [0.2, 0.25) is 11.8 Å². The molecule has 0 spiro atoms. The van der Waals surface area contributed by atoms with E-state index in [0.29, 0.717) is 49.8 Å². The van der Waals surface area contributed by atoms with E-state index in [2.05, 4.69) is 15.5 Å². The number of fused-ring (bicyclic) bond motifs is 1. The lowest BCUT2D eigenvalue weighted by molar-refractivity contribution is 0.478. The highest BCUT2D eigenvalue weighted by atomic mass is 35.5. The predicted molar refractivity (Wildman–Crippen MR) is 159 cm³/mol. The van der Waals surface area contributed by atoms with Crippen molar-refractivity contribution in [2.45, 2.75) is 13.0 Å². The summed E-state index contributed by atoms with van der Waals surface area (Å²) in [5.74, 6) is 1.15. The molecule has 0 amide bonds. The number of nitrogens with zero attached hydrogens (tertiary/aromatic N) is 4. The summed E-state index contributed by atoms with van der Waals surface area (Å²) in [4.78, 5) is 18.6. The van der Waals surface area contributed by atoms with Gasteiger partial charge in [-0.3, -0.25) is 9.36 Å². The van der Waals surface area contributed by atoms with Gasteiger partial charge in [0.15, 0.2) is 0 Å². The molecule has 0 radical (unpaired) electrons. The lowest BCUT2D eigenvalue weighted by Crippen LogP contribution is -2.26. The lowest BCUT2D eigenvalue weighted by Gasteiger charge is -2.16. The van der Waals surface area contributed by atoms with Gasteiger partial charge in [-0.15, -0.1) is 10.2 Å². The quantitative estimate of drug-likeness (QED) is 0.205. The van der Waals surface area contributed by atoms with E-state index in [4.69, 9.17) is 44.2 Å². The molecule has 0 aliphatic heterocycles. The van der Waals surface area contributed by atoms with Crippen molar-refractivity contribution in [3.63, 3.8) is 0 Å². The van der Waals surface area contributed by atoms with Crippen molar-refractivity contribution in [2.24, 2.45) is 0 Å². The van der Waals surface area contributed by atoms with Gasteiger partial charge in [0.1, 0.15) is 12.4 Å². The van der Waals surface area contributed by atoms with Crippen molar-refractivity contribution < 1.29 is 4.42 Å². The topological polar surface area (TPSA) is 85.8 Å². The van der Waals surface area contributed by atoms with Gasteiger partial charge in [-0.05, 0) is 60.2 Å². The molecule has 0 fully saturated rings. The number of rotatable bonds is 7. The monoisotopic (exact) mass is 587 g/mol. The molecule has 0 saturated carbocycles. The summed E-state index contributed by atoms with van der Waals surface area (Å²) >= 11 is 18.8. The molecule has 6 rings (SSSR count). The molecule has 0 bridgehead atoms. The van der Waals surface area contributed by atoms with Crippen LogP contribution < -0.4 is 10.9 Å². The number of aromatic nitrogens is 4. The summed E-state index contributed by atoms with van der Waals surface area (Å²) < 4.78 is 7.49. The smallest absolute Gasteiger partial charge is 0.261 e. The van der Waals surface area contributed by atoms with E-state index in [9.17, 15) is 4.79 Å². The molecule has 2 aromatic heterocycles. The molecule has 7 nitrogen and oxygen atoms in total. The fraction of sp³-hybridized carbons (Fsp3) is 0.0667. The maximum absolute atomic E-state index is 13.7. The van der Waals surface area contributed by atoms with E-state index < -0.39 is 0 Å². The lowest BCUT2D eigenvalue weighted by atomic mass is 10.1. The zero-order valence-electron chi connectivity index (χ0n) is 20.8. The number of hydrogen-bond acceptors (Lipinski definition) is 6. The highest BCUT2D eigenvalue weighted by Gasteiger charge is 2.17. The van der Waals surface area contributed by atoms with E-state index in [0.717, 1.165) is 16.8 Å². The Morgan fingerprint density at radius 1 is 0.800 bits per heavy atom. The molecule has 0 atom stereocenters. The summed E-state index contributed by atoms with van der Waals surface area (Å²) in [5.41, 5.74) is 3.40.